The van der Waals surface area contributed by atoms with Crippen LogP contribution in [0.5, 0.6) is 0 Å². The van der Waals surface area contributed by atoms with Gasteiger partial charge in [-0.05, 0) is 18.6 Å². The van der Waals surface area contributed by atoms with Crippen molar-refractivity contribution in [3.05, 3.63) is 28.0 Å². The van der Waals surface area contributed by atoms with E-state index in [1.807, 2.05) is 4.57 Å². The normalized spacial score (nSPS) is 11.2. The molecular weight excluding hydrogens is 311 g/mol. The Morgan fingerprint density at radius 3 is 2.67 bits per heavy atom. The molecule has 0 fully saturated rings. The number of halogens is 2. The maximum absolute atomic E-state index is 10.8. The van der Waals surface area contributed by atoms with Gasteiger partial charge in [-0.3, -0.25) is 4.79 Å². The summed E-state index contributed by atoms with van der Waals surface area (Å²) in [6.07, 6.45) is 4.19. The van der Waals surface area contributed by atoms with E-state index >= 15 is 0 Å². The summed E-state index contributed by atoms with van der Waals surface area (Å²) in [6, 6.07) is 3.50. The van der Waals surface area contributed by atoms with E-state index in [0.29, 0.717) is 16.6 Å². The summed E-state index contributed by atoms with van der Waals surface area (Å²) in [4.78, 5) is 15.4. The number of carboxylic acid groups (broad SMARTS) is 1. The zero-order valence-corrected chi connectivity index (χ0v) is 13.4. The van der Waals surface area contributed by atoms with Crippen molar-refractivity contribution < 1.29 is 9.90 Å². The third-order valence-electron chi connectivity index (χ3n) is 3.42. The van der Waals surface area contributed by atoms with E-state index in [1.165, 1.54) is 0 Å². The van der Waals surface area contributed by atoms with Crippen molar-refractivity contribution in [2.45, 2.75) is 45.6 Å². The number of imidazole rings is 1. The van der Waals surface area contributed by atoms with Gasteiger partial charge in [0.1, 0.15) is 5.82 Å². The molecule has 0 spiro atoms. The van der Waals surface area contributed by atoms with E-state index in [9.17, 15) is 4.79 Å². The topological polar surface area (TPSA) is 55.1 Å². The molecule has 1 heterocycles. The number of aliphatic carboxylic acids is 1. The highest BCUT2D eigenvalue weighted by atomic mass is 35.5. The van der Waals surface area contributed by atoms with Crippen LogP contribution in [0.4, 0.5) is 0 Å². The Bertz CT molecular complexity index is 653. The second-order valence-corrected chi connectivity index (χ2v) is 5.85. The lowest BCUT2D eigenvalue weighted by Crippen LogP contribution is -2.08. The number of aromatic nitrogens is 2. The molecule has 1 aromatic carbocycles. The minimum atomic E-state index is -0.823. The van der Waals surface area contributed by atoms with E-state index in [-0.39, 0.29) is 6.42 Å². The molecule has 0 unspecified atom stereocenters. The van der Waals surface area contributed by atoms with Gasteiger partial charge in [0.15, 0.2) is 0 Å². The Balaban J connectivity index is 2.39. The van der Waals surface area contributed by atoms with Crippen LogP contribution in [-0.4, -0.2) is 20.6 Å². The summed E-state index contributed by atoms with van der Waals surface area (Å²) in [5, 5.41) is 9.83. The largest absolute Gasteiger partial charge is 0.481 e. The molecule has 0 bridgehead atoms. The number of unbranched alkanes of at least 4 members (excludes halogenated alkanes) is 2. The van der Waals surface area contributed by atoms with Gasteiger partial charge in [-0.1, -0.05) is 43.0 Å². The third-order valence-corrected chi connectivity index (χ3v) is 4.14. The molecule has 0 atom stereocenters. The van der Waals surface area contributed by atoms with Crippen molar-refractivity contribution in [2.75, 3.05) is 0 Å². The van der Waals surface area contributed by atoms with Crippen LogP contribution in [0.1, 0.15) is 38.4 Å². The number of aryl methyl sites for hydroxylation is 2. The molecule has 0 aliphatic carbocycles. The zero-order valence-electron chi connectivity index (χ0n) is 11.9. The highest BCUT2D eigenvalue weighted by molar-refractivity contribution is 6.42. The standard InChI is InChI=1S/C15H18Cl2N2O2/c1-2-3-4-5-14-18-12-8-10(16)11(17)9-13(12)19(14)7-6-15(20)21/h8-9H,2-7H2,1H3,(H,20,21). The molecule has 0 saturated heterocycles. The Morgan fingerprint density at radius 1 is 1.29 bits per heavy atom. The lowest BCUT2D eigenvalue weighted by atomic mass is 10.2. The number of hydrogen-bond donors (Lipinski definition) is 1. The van der Waals surface area contributed by atoms with Gasteiger partial charge in [0, 0.05) is 13.0 Å². The molecule has 0 saturated carbocycles. The smallest absolute Gasteiger partial charge is 0.305 e. The van der Waals surface area contributed by atoms with Crippen LogP contribution in [0.2, 0.25) is 10.0 Å². The second kappa shape index (κ2) is 7.14. The van der Waals surface area contributed by atoms with Crippen LogP contribution in [-0.2, 0) is 17.8 Å². The molecule has 0 radical (unpaired) electrons. The molecule has 0 amide bonds. The minimum absolute atomic E-state index is 0.0620. The van der Waals surface area contributed by atoms with E-state index in [0.717, 1.165) is 42.5 Å². The molecule has 0 aliphatic rings. The highest BCUT2D eigenvalue weighted by Crippen LogP contribution is 2.29. The van der Waals surface area contributed by atoms with Gasteiger partial charge < -0.3 is 9.67 Å². The Kier molecular flexibility index (Phi) is 5.48. The number of carbonyl (C=O) groups is 1. The second-order valence-electron chi connectivity index (χ2n) is 5.04. The van der Waals surface area contributed by atoms with Crippen LogP contribution in [0.15, 0.2) is 12.1 Å². The van der Waals surface area contributed by atoms with Gasteiger partial charge in [0.2, 0.25) is 0 Å². The van der Waals surface area contributed by atoms with Gasteiger partial charge in [-0.25, -0.2) is 4.98 Å². The average Bonchev–Trinajstić information content (AvgIpc) is 2.74. The summed E-state index contributed by atoms with van der Waals surface area (Å²) >= 11 is 12.1. The molecular formula is C15H18Cl2N2O2. The molecule has 21 heavy (non-hydrogen) atoms. The molecule has 4 nitrogen and oxygen atoms in total. The Hall–Kier alpha value is -1.26. The first-order valence-electron chi connectivity index (χ1n) is 7.09. The van der Waals surface area contributed by atoms with Gasteiger partial charge >= 0.3 is 5.97 Å². The van der Waals surface area contributed by atoms with E-state index in [2.05, 4.69) is 11.9 Å². The fourth-order valence-electron chi connectivity index (χ4n) is 2.35. The summed E-state index contributed by atoms with van der Waals surface area (Å²) in [5.41, 5.74) is 1.61. The quantitative estimate of drug-likeness (QED) is 0.758. The fourth-order valence-corrected chi connectivity index (χ4v) is 2.67. The number of rotatable bonds is 7. The average molecular weight is 329 g/mol. The maximum Gasteiger partial charge on any atom is 0.305 e. The van der Waals surface area contributed by atoms with Crippen LogP contribution in [0, 0.1) is 0 Å². The number of benzene rings is 1. The van der Waals surface area contributed by atoms with E-state index < -0.39 is 5.97 Å². The predicted molar refractivity (Wildman–Crippen MR) is 85.2 cm³/mol. The highest BCUT2D eigenvalue weighted by Gasteiger charge is 2.13. The van der Waals surface area contributed by atoms with Gasteiger partial charge in [0.25, 0.3) is 0 Å². The van der Waals surface area contributed by atoms with Crippen molar-refractivity contribution in [1.29, 1.82) is 0 Å². The van der Waals surface area contributed by atoms with Crippen molar-refractivity contribution in [3.8, 4) is 0 Å². The van der Waals surface area contributed by atoms with Gasteiger partial charge in [-0.2, -0.15) is 0 Å². The van der Waals surface area contributed by atoms with Gasteiger partial charge in [-0.15, -0.1) is 0 Å². The van der Waals surface area contributed by atoms with E-state index in [1.54, 1.807) is 12.1 Å². The monoisotopic (exact) mass is 328 g/mol. The van der Waals surface area contributed by atoms with Crippen LogP contribution < -0.4 is 0 Å². The molecule has 2 aromatic rings. The number of nitrogens with zero attached hydrogens (tertiary/aromatic N) is 2. The predicted octanol–water partition coefficient (Wildman–Crippen LogP) is 4.55. The molecule has 0 aliphatic heterocycles. The summed E-state index contributed by atoms with van der Waals surface area (Å²) in [6.45, 7) is 2.54. The first-order valence-corrected chi connectivity index (χ1v) is 7.84. The SMILES string of the molecule is CCCCCc1nc2cc(Cl)c(Cl)cc2n1CCC(=O)O. The molecule has 114 valence electrons. The zero-order chi connectivity index (χ0) is 15.4. The number of hydrogen-bond acceptors (Lipinski definition) is 2. The molecule has 1 aromatic heterocycles. The van der Waals surface area contributed by atoms with Crippen LogP contribution in [0.25, 0.3) is 11.0 Å². The molecule has 6 heteroatoms. The first kappa shape index (κ1) is 16.1. The van der Waals surface area contributed by atoms with Crippen LogP contribution in [0.3, 0.4) is 0 Å². The molecule has 2 rings (SSSR count). The summed E-state index contributed by atoms with van der Waals surface area (Å²) in [5.74, 6) is 0.0782. The summed E-state index contributed by atoms with van der Waals surface area (Å²) < 4.78 is 1.95. The summed E-state index contributed by atoms with van der Waals surface area (Å²) in [7, 11) is 0. The maximum atomic E-state index is 10.8. The Labute approximate surface area is 133 Å². The Morgan fingerprint density at radius 2 is 2.00 bits per heavy atom. The third kappa shape index (κ3) is 3.89. The van der Waals surface area contributed by atoms with Gasteiger partial charge in [0.05, 0.1) is 27.5 Å². The number of fused-ring (bicyclic) bond motifs is 1. The van der Waals surface area contributed by atoms with Crippen molar-refractivity contribution >= 4 is 40.2 Å². The lowest BCUT2D eigenvalue weighted by molar-refractivity contribution is -0.137. The fraction of sp³-hybridized carbons (Fsp3) is 0.467. The first-order chi connectivity index (χ1) is 10.0. The van der Waals surface area contributed by atoms with E-state index in [4.69, 9.17) is 28.3 Å². The minimum Gasteiger partial charge on any atom is -0.481 e. The van der Waals surface area contributed by atoms with Crippen molar-refractivity contribution in [1.82, 2.24) is 9.55 Å². The van der Waals surface area contributed by atoms with Crippen molar-refractivity contribution in [2.24, 2.45) is 0 Å². The molecule has 1 N–H and O–H groups in total. The number of carboxylic acids is 1. The lowest BCUT2D eigenvalue weighted by Gasteiger charge is -2.08. The van der Waals surface area contributed by atoms with Crippen molar-refractivity contribution in [3.63, 3.8) is 0 Å². The van der Waals surface area contributed by atoms with Crippen LogP contribution >= 0.6 is 23.2 Å².